The molecule has 20 heavy (non-hydrogen) atoms. The van der Waals surface area contributed by atoms with E-state index in [0.29, 0.717) is 12.2 Å². The van der Waals surface area contributed by atoms with Gasteiger partial charge in [-0.05, 0) is 45.1 Å². The zero-order valence-corrected chi connectivity index (χ0v) is 12.6. The molecule has 112 valence electrons. The number of rotatable bonds is 6. The van der Waals surface area contributed by atoms with Crippen LogP contribution in [0.2, 0.25) is 0 Å². The van der Waals surface area contributed by atoms with E-state index in [0.717, 1.165) is 37.8 Å². The van der Waals surface area contributed by atoms with E-state index in [1.165, 1.54) is 0 Å². The van der Waals surface area contributed by atoms with Crippen molar-refractivity contribution >= 4 is 5.91 Å². The fourth-order valence-electron chi connectivity index (χ4n) is 2.70. The van der Waals surface area contributed by atoms with E-state index in [-0.39, 0.29) is 11.9 Å². The number of aromatic nitrogens is 2. The van der Waals surface area contributed by atoms with E-state index >= 15 is 0 Å². The first kappa shape index (κ1) is 15.0. The van der Waals surface area contributed by atoms with Gasteiger partial charge in [0.25, 0.3) is 5.91 Å². The lowest BCUT2D eigenvalue weighted by molar-refractivity contribution is -0.0301. The zero-order chi connectivity index (χ0) is 14.8. The highest BCUT2D eigenvalue weighted by atomic mass is 16.3. The van der Waals surface area contributed by atoms with Crippen LogP contribution in [0.3, 0.4) is 0 Å². The van der Waals surface area contributed by atoms with Gasteiger partial charge in [-0.25, -0.2) is 0 Å². The molecule has 1 fully saturated rings. The van der Waals surface area contributed by atoms with Crippen molar-refractivity contribution in [2.75, 3.05) is 6.54 Å². The summed E-state index contributed by atoms with van der Waals surface area (Å²) < 4.78 is 1.83. The molecule has 1 saturated carbocycles. The minimum atomic E-state index is -0.690. The summed E-state index contributed by atoms with van der Waals surface area (Å²) in [6.07, 6.45) is 4.48. The highest BCUT2D eigenvalue weighted by Gasteiger charge is 2.34. The van der Waals surface area contributed by atoms with E-state index in [9.17, 15) is 9.90 Å². The monoisotopic (exact) mass is 279 g/mol. The van der Waals surface area contributed by atoms with Crippen LogP contribution in [0.15, 0.2) is 6.07 Å². The Labute approximate surface area is 120 Å². The smallest absolute Gasteiger partial charge is 0.269 e. The first-order valence-electron chi connectivity index (χ1n) is 7.56. The molecule has 2 rings (SSSR count). The van der Waals surface area contributed by atoms with Gasteiger partial charge < -0.3 is 10.4 Å². The fraction of sp³-hybridized carbons (Fsp3) is 0.733. The summed E-state index contributed by atoms with van der Waals surface area (Å²) in [6.45, 7) is 6.43. The molecule has 0 aliphatic heterocycles. The lowest BCUT2D eigenvalue weighted by Crippen LogP contribution is -2.48. The van der Waals surface area contributed by atoms with Crippen LogP contribution in [0.1, 0.15) is 68.2 Å². The van der Waals surface area contributed by atoms with Crippen LogP contribution < -0.4 is 5.32 Å². The third kappa shape index (κ3) is 3.03. The fourth-order valence-corrected chi connectivity index (χ4v) is 2.70. The van der Waals surface area contributed by atoms with E-state index < -0.39 is 5.60 Å². The van der Waals surface area contributed by atoms with Crippen molar-refractivity contribution in [1.82, 2.24) is 15.1 Å². The van der Waals surface area contributed by atoms with Crippen LogP contribution in [0.25, 0.3) is 0 Å². The van der Waals surface area contributed by atoms with E-state index in [2.05, 4.69) is 24.3 Å². The maximum atomic E-state index is 12.3. The Morgan fingerprint density at radius 3 is 2.65 bits per heavy atom. The van der Waals surface area contributed by atoms with Gasteiger partial charge in [0.15, 0.2) is 0 Å². The topological polar surface area (TPSA) is 67.2 Å². The maximum Gasteiger partial charge on any atom is 0.269 e. The normalized spacial score (nSPS) is 17.1. The SMILES string of the molecule is CCC(CC)n1nc(C)cc1C(=O)NCC1(O)CCC1. The average molecular weight is 279 g/mol. The third-order valence-corrected chi connectivity index (χ3v) is 4.24. The van der Waals surface area contributed by atoms with Crippen LogP contribution in [0.4, 0.5) is 0 Å². The highest BCUT2D eigenvalue weighted by molar-refractivity contribution is 5.92. The van der Waals surface area contributed by atoms with E-state index in [1.807, 2.05) is 17.7 Å². The Bertz CT molecular complexity index is 473. The largest absolute Gasteiger partial charge is 0.388 e. The number of hydrogen-bond acceptors (Lipinski definition) is 3. The summed E-state index contributed by atoms with van der Waals surface area (Å²) in [6, 6.07) is 2.06. The molecule has 0 saturated heterocycles. The first-order chi connectivity index (χ1) is 9.49. The zero-order valence-electron chi connectivity index (χ0n) is 12.6. The van der Waals surface area contributed by atoms with Crippen molar-refractivity contribution in [3.63, 3.8) is 0 Å². The second kappa shape index (κ2) is 5.95. The van der Waals surface area contributed by atoms with Crippen molar-refractivity contribution in [2.24, 2.45) is 0 Å². The Balaban J connectivity index is 2.08. The summed E-state index contributed by atoms with van der Waals surface area (Å²) in [4.78, 5) is 12.3. The van der Waals surface area contributed by atoms with Crippen LogP contribution in [-0.2, 0) is 0 Å². The molecule has 1 aliphatic carbocycles. The summed E-state index contributed by atoms with van der Waals surface area (Å²) in [5.41, 5.74) is 0.758. The molecule has 0 radical (unpaired) electrons. The number of carbonyl (C=O) groups is 1. The molecule has 5 heteroatoms. The molecule has 1 amide bonds. The maximum absolute atomic E-state index is 12.3. The van der Waals surface area contributed by atoms with Gasteiger partial charge in [-0.3, -0.25) is 9.48 Å². The summed E-state index contributed by atoms with van der Waals surface area (Å²) >= 11 is 0. The molecular formula is C15H25N3O2. The first-order valence-corrected chi connectivity index (χ1v) is 7.56. The van der Waals surface area contributed by atoms with E-state index in [4.69, 9.17) is 0 Å². The van der Waals surface area contributed by atoms with Gasteiger partial charge >= 0.3 is 0 Å². The number of carbonyl (C=O) groups excluding carboxylic acids is 1. The van der Waals surface area contributed by atoms with Crippen molar-refractivity contribution < 1.29 is 9.90 Å². The second-order valence-corrected chi connectivity index (χ2v) is 5.85. The van der Waals surface area contributed by atoms with Gasteiger partial charge in [0, 0.05) is 6.54 Å². The van der Waals surface area contributed by atoms with Crippen molar-refractivity contribution in [1.29, 1.82) is 0 Å². The summed E-state index contributed by atoms with van der Waals surface area (Å²) in [7, 11) is 0. The number of aliphatic hydroxyl groups is 1. The van der Waals surface area contributed by atoms with Gasteiger partial charge in [-0.15, -0.1) is 0 Å². The quantitative estimate of drug-likeness (QED) is 0.839. The predicted molar refractivity (Wildman–Crippen MR) is 77.7 cm³/mol. The molecule has 1 aromatic rings. The average Bonchev–Trinajstić information content (AvgIpc) is 2.77. The number of amides is 1. The minimum Gasteiger partial charge on any atom is -0.388 e. The van der Waals surface area contributed by atoms with Crippen LogP contribution in [0.5, 0.6) is 0 Å². The summed E-state index contributed by atoms with van der Waals surface area (Å²) in [5, 5.41) is 17.3. The Hall–Kier alpha value is -1.36. The third-order valence-electron chi connectivity index (χ3n) is 4.24. The predicted octanol–water partition coefficient (Wildman–Crippen LogP) is 2.20. The van der Waals surface area contributed by atoms with Gasteiger partial charge in [0.1, 0.15) is 5.69 Å². The Morgan fingerprint density at radius 1 is 1.50 bits per heavy atom. The summed E-state index contributed by atoms with van der Waals surface area (Å²) in [5.74, 6) is -0.141. The standard InChI is InChI=1S/C15H25N3O2/c1-4-12(5-2)18-13(9-11(3)17-18)14(19)16-10-15(20)7-6-8-15/h9,12,20H,4-8,10H2,1-3H3,(H,16,19). The minimum absolute atomic E-state index is 0.141. The molecule has 0 atom stereocenters. The molecule has 2 N–H and O–H groups in total. The van der Waals surface area contributed by atoms with Gasteiger partial charge in [0.2, 0.25) is 0 Å². The molecule has 1 aromatic heterocycles. The number of nitrogens with one attached hydrogen (secondary N) is 1. The van der Waals surface area contributed by atoms with Crippen molar-refractivity contribution in [2.45, 2.75) is 64.5 Å². The molecule has 0 spiro atoms. The van der Waals surface area contributed by atoms with Gasteiger partial charge in [0.05, 0.1) is 17.3 Å². The number of hydrogen-bond donors (Lipinski definition) is 2. The molecular weight excluding hydrogens is 254 g/mol. The molecule has 0 bridgehead atoms. The van der Waals surface area contributed by atoms with Crippen molar-refractivity contribution in [3.8, 4) is 0 Å². The molecule has 0 aromatic carbocycles. The number of nitrogens with zero attached hydrogens (tertiary/aromatic N) is 2. The van der Waals surface area contributed by atoms with Crippen molar-refractivity contribution in [3.05, 3.63) is 17.5 Å². The Morgan fingerprint density at radius 2 is 2.15 bits per heavy atom. The van der Waals surface area contributed by atoms with Gasteiger partial charge in [-0.2, -0.15) is 5.10 Å². The lowest BCUT2D eigenvalue weighted by Gasteiger charge is -2.36. The lowest BCUT2D eigenvalue weighted by atomic mass is 9.80. The highest BCUT2D eigenvalue weighted by Crippen LogP contribution is 2.30. The second-order valence-electron chi connectivity index (χ2n) is 5.85. The molecule has 0 unspecified atom stereocenters. The molecule has 1 aliphatic rings. The van der Waals surface area contributed by atoms with Crippen LogP contribution in [0, 0.1) is 6.92 Å². The number of aryl methyl sites for hydroxylation is 1. The van der Waals surface area contributed by atoms with E-state index in [1.54, 1.807) is 0 Å². The molecule has 5 nitrogen and oxygen atoms in total. The van der Waals surface area contributed by atoms with Crippen LogP contribution in [-0.4, -0.2) is 32.9 Å². The molecule has 1 heterocycles. The Kier molecular flexibility index (Phi) is 4.48. The van der Waals surface area contributed by atoms with Crippen LogP contribution >= 0.6 is 0 Å². The van der Waals surface area contributed by atoms with Gasteiger partial charge in [-0.1, -0.05) is 13.8 Å².